The Kier molecular flexibility index (Phi) is 3.60. The van der Waals surface area contributed by atoms with Gasteiger partial charge in [0.25, 0.3) is 0 Å². The fraction of sp³-hybridized carbons (Fsp3) is 0.385. The summed E-state index contributed by atoms with van der Waals surface area (Å²) in [6, 6.07) is 8.77. The predicted molar refractivity (Wildman–Crippen MR) is 68.6 cm³/mol. The van der Waals surface area contributed by atoms with Crippen molar-refractivity contribution in [2.75, 3.05) is 0 Å². The number of nitrogens with two attached hydrogens (primary N) is 1. The number of rotatable bonds is 1. The predicted octanol–water partition coefficient (Wildman–Crippen LogP) is 3.73. The lowest BCUT2D eigenvalue weighted by Gasteiger charge is -2.20. The number of benzene rings is 1. The molecule has 0 radical (unpaired) electrons. The summed E-state index contributed by atoms with van der Waals surface area (Å²) in [5.74, 6) is 0. The molecule has 15 heavy (non-hydrogen) atoms. The molecule has 1 aromatic rings. The highest BCUT2D eigenvalue weighted by Gasteiger charge is 2.12. The van der Waals surface area contributed by atoms with Gasteiger partial charge in [0.15, 0.2) is 0 Å². The van der Waals surface area contributed by atoms with Gasteiger partial charge in [-0.1, -0.05) is 39.7 Å². The molecule has 0 heterocycles. The van der Waals surface area contributed by atoms with Crippen LogP contribution in [0, 0.1) is 0 Å². The molecule has 1 aliphatic carbocycles. The average Bonchev–Trinajstić information content (AvgIpc) is 2.17. The second-order valence-corrected chi connectivity index (χ2v) is 5.13. The summed E-state index contributed by atoms with van der Waals surface area (Å²) < 4.78 is 1.14. The van der Waals surface area contributed by atoms with Crippen LogP contribution in [0.2, 0.25) is 0 Å². The summed E-state index contributed by atoms with van der Waals surface area (Å²) in [5, 5.41) is 0. The Bertz CT molecular complexity index is 371. The Hall–Kier alpha value is -0.600. The van der Waals surface area contributed by atoms with E-state index in [-0.39, 0.29) is 0 Å². The molecule has 1 aromatic carbocycles. The molecule has 1 unspecified atom stereocenters. The van der Waals surface area contributed by atoms with E-state index in [0.717, 1.165) is 10.9 Å². The first-order chi connectivity index (χ1) is 7.24. The molecular formula is C13H16BrN. The summed E-state index contributed by atoms with van der Waals surface area (Å²) in [4.78, 5) is 0. The molecule has 80 valence electrons. The summed E-state index contributed by atoms with van der Waals surface area (Å²) >= 11 is 3.48. The topological polar surface area (TPSA) is 26.0 Å². The van der Waals surface area contributed by atoms with Gasteiger partial charge in [0.05, 0.1) is 0 Å². The lowest BCUT2D eigenvalue weighted by Crippen LogP contribution is -2.23. The van der Waals surface area contributed by atoms with Crippen molar-refractivity contribution in [3.8, 4) is 0 Å². The first-order valence-electron chi connectivity index (χ1n) is 5.44. The minimum absolute atomic E-state index is 0.372. The van der Waals surface area contributed by atoms with Crippen LogP contribution in [-0.2, 0) is 0 Å². The van der Waals surface area contributed by atoms with E-state index >= 15 is 0 Å². The van der Waals surface area contributed by atoms with Crippen LogP contribution >= 0.6 is 15.9 Å². The highest BCUT2D eigenvalue weighted by Crippen LogP contribution is 2.25. The van der Waals surface area contributed by atoms with Gasteiger partial charge in [0.2, 0.25) is 0 Å². The van der Waals surface area contributed by atoms with Crippen LogP contribution in [-0.4, -0.2) is 6.04 Å². The van der Waals surface area contributed by atoms with Gasteiger partial charge in [-0.3, -0.25) is 0 Å². The van der Waals surface area contributed by atoms with Crippen LogP contribution < -0.4 is 5.73 Å². The minimum atomic E-state index is 0.372. The fourth-order valence-electron chi connectivity index (χ4n) is 2.10. The van der Waals surface area contributed by atoms with Crippen molar-refractivity contribution < 1.29 is 0 Å². The maximum Gasteiger partial charge on any atom is 0.0181 e. The standard InChI is InChI=1S/C13H16BrN/c14-12-5-1-3-10(8-12)7-11-4-2-6-13(15)9-11/h1,3,5,7-8,13H,2,4,6,9,15H2. The van der Waals surface area contributed by atoms with Gasteiger partial charge in [0, 0.05) is 10.5 Å². The van der Waals surface area contributed by atoms with E-state index in [1.165, 1.54) is 30.4 Å². The highest BCUT2D eigenvalue weighted by molar-refractivity contribution is 9.10. The Morgan fingerprint density at radius 3 is 3.00 bits per heavy atom. The van der Waals surface area contributed by atoms with Gasteiger partial charge in [-0.15, -0.1) is 0 Å². The van der Waals surface area contributed by atoms with Crippen molar-refractivity contribution in [2.45, 2.75) is 31.7 Å². The first-order valence-corrected chi connectivity index (χ1v) is 6.24. The molecule has 2 rings (SSSR count). The van der Waals surface area contributed by atoms with Crippen LogP contribution in [0.4, 0.5) is 0 Å². The largest absolute Gasteiger partial charge is 0.327 e. The molecular weight excluding hydrogens is 250 g/mol. The highest BCUT2D eigenvalue weighted by atomic mass is 79.9. The van der Waals surface area contributed by atoms with Gasteiger partial charge >= 0.3 is 0 Å². The van der Waals surface area contributed by atoms with Gasteiger partial charge in [-0.2, -0.15) is 0 Å². The van der Waals surface area contributed by atoms with Crippen molar-refractivity contribution >= 4 is 22.0 Å². The third-order valence-electron chi connectivity index (χ3n) is 2.82. The molecule has 1 fully saturated rings. The van der Waals surface area contributed by atoms with Crippen LogP contribution in [0.3, 0.4) is 0 Å². The summed E-state index contributed by atoms with van der Waals surface area (Å²) in [6.07, 6.45) is 6.97. The molecule has 0 spiro atoms. The third kappa shape index (κ3) is 3.18. The third-order valence-corrected chi connectivity index (χ3v) is 3.31. The lowest BCUT2D eigenvalue weighted by molar-refractivity contribution is 0.520. The second-order valence-electron chi connectivity index (χ2n) is 4.21. The van der Waals surface area contributed by atoms with E-state index in [1.807, 2.05) is 0 Å². The summed E-state index contributed by atoms with van der Waals surface area (Å²) in [6.45, 7) is 0. The van der Waals surface area contributed by atoms with E-state index in [9.17, 15) is 0 Å². The molecule has 0 aromatic heterocycles. The maximum atomic E-state index is 5.96. The van der Waals surface area contributed by atoms with E-state index in [1.54, 1.807) is 0 Å². The van der Waals surface area contributed by atoms with Gasteiger partial charge in [-0.05, 0) is 43.4 Å². The van der Waals surface area contributed by atoms with E-state index < -0.39 is 0 Å². The Morgan fingerprint density at radius 1 is 1.40 bits per heavy atom. The smallest absolute Gasteiger partial charge is 0.0181 e. The first kappa shape index (κ1) is 10.9. The van der Waals surface area contributed by atoms with Gasteiger partial charge < -0.3 is 5.73 Å². The van der Waals surface area contributed by atoms with Gasteiger partial charge in [-0.25, -0.2) is 0 Å². The van der Waals surface area contributed by atoms with Crippen LogP contribution in [0.5, 0.6) is 0 Å². The normalized spacial score (nSPS) is 24.4. The summed E-state index contributed by atoms with van der Waals surface area (Å²) in [7, 11) is 0. The van der Waals surface area contributed by atoms with Gasteiger partial charge in [0.1, 0.15) is 0 Å². The SMILES string of the molecule is NC1CCCC(=Cc2cccc(Br)c2)C1. The second kappa shape index (κ2) is 4.95. The molecule has 2 heteroatoms. The zero-order valence-electron chi connectivity index (χ0n) is 8.75. The average molecular weight is 266 g/mol. The monoisotopic (exact) mass is 265 g/mol. The van der Waals surface area contributed by atoms with Crippen molar-refractivity contribution in [1.29, 1.82) is 0 Å². The Morgan fingerprint density at radius 2 is 2.27 bits per heavy atom. The minimum Gasteiger partial charge on any atom is -0.327 e. The summed E-state index contributed by atoms with van der Waals surface area (Å²) in [5.41, 5.74) is 8.72. The quantitative estimate of drug-likeness (QED) is 0.823. The lowest BCUT2D eigenvalue weighted by atomic mass is 9.90. The fourth-order valence-corrected chi connectivity index (χ4v) is 2.51. The maximum absolute atomic E-state index is 5.96. The molecule has 0 aliphatic heterocycles. The van der Waals surface area contributed by atoms with E-state index in [2.05, 4.69) is 46.3 Å². The van der Waals surface area contributed by atoms with Crippen LogP contribution in [0.1, 0.15) is 31.2 Å². The van der Waals surface area contributed by atoms with Crippen LogP contribution in [0.15, 0.2) is 34.3 Å². The van der Waals surface area contributed by atoms with E-state index in [0.29, 0.717) is 6.04 Å². The Balaban J connectivity index is 2.15. The number of hydrogen-bond acceptors (Lipinski definition) is 1. The Labute approximate surface area is 99.5 Å². The zero-order valence-corrected chi connectivity index (χ0v) is 10.3. The van der Waals surface area contributed by atoms with E-state index in [4.69, 9.17) is 5.73 Å². The molecule has 0 amide bonds. The molecule has 0 bridgehead atoms. The molecule has 0 saturated heterocycles. The zero-order chi connectivity index (χ0) is 10.7. The molecule has 1 nitrogen and oxygen atoms in total. The molecule has 2 N–H and O–H groups in total. The van der Waals surface area contributed by atoms with Crippen molar-refractivity contribution in [3.63, 3.8) is 0 Å². The van der Waals surface area contributed by atoms with Crippen molar-refractivity contribution in [2.24, 2.45) is 5.73 Å². The molecule has 1 atom stereocenters. The number of hydrogen-bond donors (Lipinski definition) is 1. The van der Waals surface area contributed by atoms with Crippen molar-refractivity contribution in [3.05, 3.63) is 39.9 Å². The van der Waals surface area contributed by atoms with Crippen LogP contribution in [0.25, 0.3) is 6.08 Å². The molecule has 1 saturated carbocycles. The number of halogens is 1. The van der Waals surface area contributed by atoms with Crippen molar-refractivity contribution in [1.82, 2.24) is 0 Å². The molecule has 1 aliphatic rings.